The van der Waals surface area contributed by atoms with Gasteiger partial charge in [-0.05, 0) is 127 Å². The van der Waals surface area contributed by atoms with Crippen molar-refractivity contribution < 1.29 is 0 Å². The van der Waals surface area contributed by atoms with E-state index in [4.69, 9.17) is 0 Å². The molecule has 0 saturated carbocycles. The molecule has 1 spiro atoms. The maximum Gasteiger partial charge on any atom is 0.0746 e. The molecule has 0 bridgehead atoms. The van der Waals surface area contributed by atoms with Gasteiger partial charge in [0, 0.05) is 38.8 Å². The maximum absolute atomic E-state index is 2.56. The lowest BCUT2D eigenvalue weighted by Gasteiger charge is -2.36. The van der Waals surface area contributed by atoms with Crippen molar-refractivity contribution in [1.29, 1.82) is 0 Å². The smallest absolute Gasteiger partial charge is 0.0746 e. The number of rotatable bonds is 5. The third kappa shape index (κ3) is 4.85. The summed E-state index contributed by atoms with van der Waals surface area (Å²) in [6, 6.07) is 86.2. The van der Waals surface area contributed by atoms with E-state index in [-0.39, 0.29) is 5.41 Å². The van der Waals surface area contributed by atoms with Crippen molar-refractivity contribution in [1.82, 2.24) is 4.57 Å². The van der Waals surface area contributed by atoms with Gasteiger partial charge in [0.25, 0.3) is 0 Å². The Hall–Kier alpha value is -8.20. The first kappa shape index (κ1) is 37.2. The van der Waals surface area contributed by atoms with Crippen LogP contribution in [0.3, 0.4) is 0 Å². The molecule has 66 heavy (non-hydrogen) atoms. The molecular weight excluding hydrogens is 797 g/mol. The third-order valence-electron chi connectivity index (χ3n) is 15.2. The quantitative estimate of drug-likeness (QED) is 0.168. The Balaban J connectivity index is 1.02. The van der Waals surface area contributed by atoms with Gasteiger partial charge in [-0.1, -0.05) is 190 Å². The Morgan fingerprint density at radius 2 is 0.864 bits per heavy atom. The Morgan fingerprint density at radius 1 is 0.364 bits per heavy atom. The standard InChI is InChI=1S/C64H44N2/c1-63(2)53-27-11-6-20-46(53)50-39-38-44(40-57(50)63)65(43-36-34-41(35-37-43)45-25-16-32-59-61(45)52-24-10-15-31-58(52)66(59)42-18-4-3-5-19-42)60-33-17-26-51-49-23-9-14-30-56(49)64(62(51)60)54-28-12-7-21-47(54)48-22-8-13-29-55(48)64/h3-40H,1-2H3. The van der Waals surface area contributed by atoms with Crippen LogP contribution >= 0.6 is 0 Å². The van der Waals surface area contributed by atoms with E-state index in [9.17, 15) is 0 Å². The Bertz CT molecular complexity index is 3730. The van der Waals surface area contributed by atoms with Crippen LogP contribution in [0.5, 0.6) is 0 Å². The van der Waals surface area contributed by atoms with Gasteiger partial charge in [0.15, 0.2) is 0 Å². The Morgan fingerprint density at radius 3 is 1.56 bits per heavy atom. The summed E-state index contributed by atoms with van der Waals surface area (Å²) in [5.74, 6) is 0. The normalized spacial score (nSPS) is 14.2. The fourth-order valence-electron chi connectivity index (χ4n) is 12.5. The average molecular weight is 841 g/mol. The van der Waals surface area contributed by atoms with E-state index >= 15 is 0 Å². The summed E-state index contributed by atoms with van der Waals surface area (Å²) in [7, 11) is 0. The average Bonchev–Trinajstić information content (AvgIpc) is 4.05. The molecule has 0 amide bonds. The second-order valence-corrected chi connectivity index (χ2v) is 18.8. The first-order valence-corrected chi connectivity index (χ1v) is 23.2. The number of nitrogens with zero attached hydrogens (tertiary/aromatic N) is 2. The van der Waals surface area contributed by atoms with Crippen molar-refractivity contribution in [2.45, 2.75) is 24.7 Å². The van der Waals surface area contributed by atoms with Gasteiger partial charge in [0.2, 0.25) is 0 Å². The van der Waals surface area contributed by atoms with Crippen LogP contribution in [0, 0.1) is 0 Å². The Kier molecular flexibility index (Phi) is 7.70. The van der Waals surface area contributed by atoms with Gasteiger partial charge in [-0.2, -0.15) is 0 Å². The van der Waals surface area contributed by atoms with Crippen LogP contribution in [-0.4, -0.2) is 4.57 Å². The largest absolute Gasteiger partial charge is 0.310 e. The lowest BCUT2D eigenvalue weighted by Crippen LogP contribution is -2.28. The molecule has 310 valence electrons. The molecule has 0 fully saturated rings. The van der Waals surface area contributed by atoms with E-state index in [1.807, 2.05) is 0 Å². The van der Waals surface area contributed by atoms with Gasteiger partial charge in [0.05, 0.1) is 22.1 Å². The van der Waals surface area contributed by atoms with Gasteiger partial charge < -0.3 is 9.47 Å². The topological polar surface area (TPSA) is 8.17 Å². The molecule has 10 aromatic carbocycles. The van der Waals surface area contributed by atoms with Crippen molar-refractivity contribution >= 4 is 38.9 Å². The molecule has 2 heteroatoms. The molecule has 0 unspecified atom stereocenters. The molecule has 0 aliphatic heterocycles. The number of hydrogen-bond donors (Lipinski definition) is 0. The number of aromatic nitrogens is 1. The highest BCUT2D eigenvalue weighted by Gasteiger charge is 2.53. The molecule has 0 radical (unpaired) electrons. The summed E-state index contributed by atoms with van der Waals surface area (Å²) in [6.45, 7) is 4.77. The fraction of sp³-hybridized carbons (Fsp3) is 0.0625. The zero-order valence-electron chi connectivity index (χ0n) is 36.8. The van der Waals surface area contributed by atoms with E-state index in [1.54, 1.807) is 0 Å². The first-order valence-electron chi connectivity index (χ1n) is 23.2. The molecular formula is C64H44N2. The molecule has 2 nitrogen and oxygen atoms in total. The lowest BCUT2D eigenvalue weighted by molar-refractivity contribution is 0.660. The van der Waals surface area contributed by atoms with Crippen LogP contribution in [0.4, 0.5) is 17.1 Å². The van der Waals surface area contributed by atoms with Crippen LogP contribution in [0.25, 0.3) is 72.0 Å². The monoisotopic (exact) mass is 840 g/mol. The summed E-state index contributed by atoms with van der Waals surface area (Å²) in [5, 5.41) is 2.52. The predicted molar refractivity (Wildman–Crippen MR) is 275 cm³/mol. The van der Waals surface area contributed by atoms with Gasteiger partial charge in [-0.15, -0.1) is 0 Å². The number of benzene rings is 10. The maximum atomic E-state index is 2.56. The summed E-state index contributed by atoms with van der Waals surface area (Å²) >= 11 is 0. The third-order valence-corrected chi connectivity index (χ3v) is 15.2. The highest BCUT2D eigenvalue weighted by molar-refractivity contribution is 6.16. The summed E-state index contributed by atoms with van der Waals surface area (Å²) in [6.07, 6.45) is 0. The van der Waals surface area contributed by atoms with Crippen molar-refractivity contribution in [3.05, 3.63) is 264 Å². The lowest BCUT2D eigenvalue weighted by atomic mass is 9.70. The second kappa shape index (κ2) is 13.7. The van der Waals surface area contributed by atoms with Crippen molar-refractivity contribution in [2.75, 3.05) is 4.90 Å². The van der Waals surface area contributed by atoms with E-state index in [0.717, 1.165) is 17.1 Å². The summed E-state index contributed by atoms with van der Waals surface area (Å²) in [5.41, 5.74) is 24.7. The minimum atomic E-state index is -0.511. The van der Waals surface area contributed by atoms with Crippen LogP contribution in [0.2, 0.25) is 0 Å². The molecule has 11 aromatic rings. The van der Waals surface area contributed by atoms with Crippen molar-refractivity contribution in [3.8, 4) is 50.2 Å². The van der Waals surface area contributed by atoms with Crippen molar-refractivity contribution in [3.63, 3.8) is 0 Å². The molecule has 3 aliphatic rings. The van der Waals surface area contributed by atoms with Crippen LogP contribution in [0.1, 0.15) is 47.2 Å². The first-order chi connectivity index (χ1) is 32.5. The van der Waals surface area contributed by atoms with Gasteiger partial charge in [-0.3, -0.25) is 0 Å². The highest BCUT2D eigenvalue weighted by Crippen LogP contribution is 2.65. The van der Waals surface area contributed by atoms with E-state index in [2.05, 4.69) is 254 Å². The van der Waals surface area contributed by atoms with E-state index in [0.29, 0.717) is 0 Å². The van der Waals surface area contributed by atoms with Crippen LogP contribution in [0.15, 0.2) is 231 Å². The number of hydrogen-bond acceptors (Lipinski definition) is 1. The molecule has 0 saturated heterocycles. The van der Waals surface area contributed by atoms with E-state index < -0.39 is 5.41 Å². The minimum Gasteiger partial charge on any atom is -0.310 e. The number of anilines is 3. The SMILES string of the molecule is CC1(C)c2ccccc2-c2ccc(N(c3ccc(-c4cccc5c4c4ccccc4n5-c4ccccc4)cc3)c3cccc4c3C3(c5ccccc5-c5ccccc53)c3ccccc3-4)cc21. The number of fused-ring (bicyclic) bond motifs is 16. The second-order valence-electron chi connectivity index (χ2n) is 18.8. The molecule has 1 heterocycles. The highest BCUT2D eigenvalue weighted by atomic mass is 15.1. The van der Waals surface area contributed by atoms with Gasteiger partial charge in [0.1, 0.15) is 0 Å². The molecule has 14 rings (SSSR count). The minimum absolute atomic E-state index is 0.158. The molecule has 1 aromatic heterocycles. The fourth-order valence-corrected chi connectivity index (χ4v) is 12.5. The molecule has 0 atom stereocenters. The molecule has 3 aliphatic carbocycles. The summed E-state index contributed by atoms with van der Waals surface area (Å²) in [4.78, 5) is 2.56. The molecule has 0 N–H and O–H groups in total. The zero-order valence-corrected chi connectivity index (χ0v) is 36.8. The number of para-hydroxylation sites is 2. The Labute approximate surface area is 385 Å². The van der Waals surface area contributed by atoms with Crippen LogP contribution in [-0.2, 0) is 10.8 Å². The van der Waals surface area contributed by atoms with Gasteiger partial charge >= 0.3 is 0 Å². The zero-order chi connectivity index (χ0) is 43.7. The van der Waals surface area contributed by atoms with Gasteiger partial charge in [-0.25, -0.2) is 0 Å². The van der Waals surface area contributed by atoms with Crippen molar-refractivity contribution in [2.24, 2.45) is 0 Å². The van der Waals surface area contributed by atoms with E-state index in [1.165, 1.54) is 105 Å². The predicted octanol–water partition coefficient (Wildman–Crippen LogP) is 16.6. The van der Waals surface area contributed by atoms with Crippen LogP contribution < -0.4 is 4.90 Å². The summed E-state index contributed by atoms with van der Waals surface area (Å²) < 4.78 is 2.40.